The third-order valence-electron chi connectivity index (χ3n) is 2.48. The van der Waals surface area contributed by atoms with Crippen LogP contribution >= 0.6 is 0 Å². The maximum Gasteiger partial charge on any atom is 0.233 e. The van der Waals surface area contributed by atoms with Gasteiger partial charge in [-0.2, -0.15) is 15.0 Å². The summed E-state index contributed by atoms with van der Waals surface area (Å²) in [5, 5.41) is 2.98. The summed E-state index contributed by atoms with van der Waals surface area (Å²) < 4.78 is 0. The fourth-order valence-corrected chi connectivity index (χ4v) is 1.62. The molecular formula is C13H11N7. The first-order valence-corrected chi connectivity index (χ1v) is 5.91. The highest BCUT2D eigenvalue weighted by molar-refractivity contribution is 5.58. The molecule has 3 aromatic rings. The van der Waals surface area contributed by atoms with Gasteiger partial charge in [0.05, 0.1) is 0 Å². The largest absolute Gasteiger partial charge is 0.368 e. The van der Waals surface area contributed by atoms with E-state index >= 15 is 0 Å². The Balaban J connectivity index is 1.95. The summed E-state index contributed by atoms with van der Waals surface area (Å²) in [4.78, 5) is 20.6. The van der Waals surface area contributed by atoms with Gasteiger partial charge in [-0.05, 0) is 24.3 Å². The van der Waals surface area contributed by atoms with Gasteiger partial charge in [0.1, 0.15) is 5.82 Å². The molecule has 98 valence electrons. The Labute approximate surface area is 115 Å². The Morgan fingerprint density at radius 3 is 2.65 bits per heavy atom. The van der Waals surface area contributed by atoms with Gasteiger partial charge in [-0.1, -0.05) is 6.07 Å². The number of anilines is 3. The molecule has 0 bridgehead atoms. The van der Waals surface area contributed by atoms with E-state index in [4.69, 9.17) is 5.73 Å². The molecule has 0 saturated heterocycles. The van der Waals surface area contributed by atoms with Gasteiger partial charge in [-0.25, -0.2) is 4.98 Å². The van der Waals surface area contributed by atoms with E-state index in [2.05, 4.69) is 30.2 Å². The molecule has 3 rings (SSSR count). The Bertz CT molecular complexity index is 700. The maximum absolute atomic E-state index is 5.71. The second-order valence-electron chi connectivity index (χ2n) is 3.92. The van der Waals surface area contributed by atoms with Crippen molar-refractivity contribution in [2.45, 2.75) is 0 Å². The summed E-state index contributed by atoms with van der Waals surface area (Å²) in [5.41, 5.74) is 6.48. The normalized spacial score (nSPS) is 10.2. The van der Waals surface area contributed by atoms with E-state index in [0.29, 0.717) is 17.6 Å². The van der Waals surface area contributed by atoms with Gasteiger partial charge < -0.3 is 11.1 Å². The molecule has 0 aliphatic carbocycles. The predicted octanol–water partition coefficient (Wildman–Crippen LogP) is 1.65. The van der Waals surface area contributed by atoms with E-state index in [1.165, 1.54) is 0 Å². The van der Waals surface area contributed by atoms with Crippen LogP contribution in [0.1, 0.15) is 0 Å². The van der Waals surface area contributed by atoms with Crippen LogP contribution < -0.4 is 11.1 Å². The molecule has 3 heterocycles. The van der Waals surface area contributed by atoms with Crippen molar-refractivity contribution in [1.82, 2.24) is 24.9 Å². The molecular weight excluding hydrogens is 254 g/mol. The first kappa shape index (κ1) is 12.0. The average molecular weight is 265 g/mol. The number of nitrogens with one attached hydrogen (secondary N) is 1. The van der Waals surface area contributed by atoms with Gasteiger partial charge in [-0.3, -0.25) is 4.98 Å². The highest BCUT2D eigenvalue weighted by Crippen LogP contribution is 2.17. The summed E-state index contributed by atoms with van der Waals surface area (Å²) in [6, 6.07) is 9.16. The van der Waals surface area contributed by atoms with E-state index in [1.807, 2.05) is 24.3 Å². The van der Waals surface area contributed by atoms with Gasteiger partial charge >= 0.3 is 0 Å². The monoisotopic (exact) mass is 265 g/mol. The summed E-state index contributed by atoms with van der Waals surface area (Å²) >= 11 is 0. The summed E-state index contributed by atoms with van der Waals surface area (Å²) in [5.74, 6) is 1.58. The Kier molecular flexibility index (Phi) is 3.15. The van der Waals surface area contributed by atoms with Gasteiger partial charge in [0.15, 0.2) is 5.82 Å². The Hall–Kier alpha value is -3.09. The number of hydrogen-bond donors (Lipinski definition) is 2. The van der Waals surface area contributed by atoms with E-state index in [0.717, 1.165) is 5.56 Å². The minimum absolute atomic E-state index is 0.136. The van der Waals surface area contributed by atoms with Crippen LogP contribution in [0.5, 0.6) is 0 Å². The number of aromatic nitrogens is 5. The quantitative estimate of drug-likeness (QED) is 0.742. The molecule has 0 saturated carbocycles. The molecule has 0 fully saturated rings. The van der Waals surface area contributed by atoms with Gasteiger partial charge in [-0.15, -0.1) is 0 Å². The van der Waals surface area contributed by atoms with Crippen LogP contribution in [-0.2, 0) is 0 Å². The summed E-state index contributed by atoms with van der Waals surface area (Å²) in [6.45, 7) is 0. The molecule has 3 N–H and O–H groups in total. The van der Waals surface area contributed by atoms with E-state index in [-0.39, 0.29) is 5.95 Å². The summed E-state index contributed by atoms with van der Waals surface area (Å²) in [6.07, 6.45) is 5.02. The molecule has 0 amide bonds. The molecule has 0 aromatic carbocycles. The number of rotatable bonds is 3. The number of pyridine rings is 2. The van der Waals surface area contributed by atoms with Crippen molar-refractivity contribution in [2.75, 3.05) is 11.1 Å². The van der Waals surface area contributed by atoms with Crippen LogP contribution in [0.2, 0.25) is 0 Å². The van der Waals surface area contributed by atoms with Gasteiger partial charge in [0, 0.05) is 24.2 Å². The zero-order valence-corrected chi connectivity index (χ0v) is 10.4. The lowest BCUT2D eigenvalue weighted by molar-refractivity contribution is 1.07. The van der Waals surface area contributed by atoms with Crippen LogP contribution in [-0.4, -0.2) is 24.9 Å². The fraction of sp³-hybridized carbons (Fsp3) is 0. The number of nitrogen functional groups attached to an aromatic ring is 1. The van der Waals surface area contributed by atoms with Crippen molar-refractivity contribution in [3.05, 3.63) is 48.9 Å². The minimum Gasteiger partial charge on any atom is -0.368 e. The standard InChI is InChI=1S/C13H11N7/c14-12-18-11(9-4-3-6-15-8-9)19-13(20-12)17-10-5-1-2-7-16-10/h1-8H,(H3,14,16,17,18,19,20). The zero-order chi connectivity index (χ0) is 13.8. The lowest BCUT2D eigenvalue weighted by atomic mass is 10.3. The minimum atomic E-state index is 0.136. The highest BCUT2D eigenvalue weighted by atomic mass is 15.2. The van der Waals surface area contributed by atoms with Crippen molar-refractivity contribution in [2.24, 2.45) is 0 Å². The Morgan fingerprint density at radius 2 is 1.90 bits per heavy atom. The maximum atomic E-state index is 5.71. The molecule has 0 aliphatic heterocycles. The highest BCUT2D eigenvalue weighted by Gasteiger charge is 2.07. The molecule has 0 unspecified atom stereocenters. The van der Waals surface area contributed by atoms with Gasteiger partial charge in [0.25, 0.3) is 0 Å². The Morgan fingerprint density at radius 1 is 0.950 bits per heavy atom. The molecule has 3 aromatic heterocycles. The lowest BCUT2D eigenvalue weighted by Crippen LogP contribution is -2.05. The smallest absolute Gasteiger partial charge is 0.233 e. The van der Waals surface area contributed by atoms with Crippen LogP contribution in [0.15, 0.2) is 48.9 Å². The topological polar surface area (TPSA) is 102 Å². The molecule has 20 heavy (non-hydrogen) atoms. The third-order valence-corrected chi connectivity index (χ3v) is 2.48. The van der Waals surface area contributed by atoms with Crippen molar-refractivity contribution < 1.29 is 0 Å². The van der Waals surface area contributed by atoms with Crippen molar-refractivity contribution in [1.29, 1.82) is 0 Å². The predicted molar refractivity (Wildman–Crippen MR) is 75.0 cm³/mol. The molecule has 7 heteroatoms. The van der Waals surface area contributed by atoms with Crippen LogP contribution in [0.4, 0.5) is 17.7 Å². The molecule has 7 nitrogen and oxygen atoms in total. The second kappa shape index (κ2) is 5.27. The zero-order valence-electron chi connectivity index (χ0n) is 10.4. The molecule has 0 spiro atoms. The lowest BCUT2D eigenvalue weighted by Gasteiger charge is -2.06. The third kappa shape index (κ3) is 2.66. The fourth-order valence-electron chi connectivity index (χ4n) is 1.62. The summed E-state index contributed by atoms with van der Waals surface area (Å²) in [7, 11) is 0. The van der Waals surface area contributed by atoms with E-state index in [1.54, 1.807) is 24.7 Å². The number of nitrogens with two attached hydrogens (primary N) is 1. The average Bonchev–Trinajstić information content (AvgIpc) is 2.49. The van der Waals surface area contributed by atoms with Crippen molar-refractivity contribution in [3.63, 3.8) is 0 Å². The second-order valence-corrected chi connectivity index (χ2v) is 3.92. The van der Waals surface area contributed by atoms with Crippen molar-refractivity contribution >= 4 is 17.7 Å². The molecule has 0 radical (unpaired) electrons. The SMILES string of the molecule is Nc1nc(Nc2ccccn2)nc(-c2cccnc2)n1. The van der Waals surface area contributed by atoms with Crippen molar-refractivity contribution in [3.8, 4) is 11.4 Å². The van der Waals surface area contributed by atoms with E-state index < -0.39 is 0 Å². The first-order valence-electron chi connectivity index (χ1n) is 5.91. The first-order chi connectivity index (χ1) is 9.81. The van der Waals surface area contributed by atoms with Crippen LogP contribution in [0.3, 0.4) is 0 Å². The number of hydrogen-bond acceptors (Lipinski definition) is 7. The van der Waals surface area contributed by atoms with E-state index in [9.17, 15) is 0 Å². The molecule has 0 atom stereocenters. The van der Waals surface area contributed by atoms with Gasteiger partial charge in [0.2, 0.25) is 11.9 Å². The molecule has 0 aliphatic rings. The number of nitrogens with zero attached hydrogens (tertiary/aromatic N) is 5. The van der Waals surface area contributed by atoms with Crippen LogP contribution in [0.25, 0.3) is 11.4 Å². The van der Waals surface area contributed by atoms with Crippen LogP contribution in [0, 0.1) is 0 Å².